The molecule has 4 N–H and O–H groups in total. The van der Waals surface area contributed by atoms with Crippen LogP contribution in [0.1, 0.15) is 16.2 Å². The number of nitrogens with zero attached hydrogens (tertiary/aromatic N) is 3. The number of rotatable bonds is 1. The van der Waals surface area contributed by atoms with E-state index in [4.69, 9.17) is 10.8 Å². The van der Waals surface area contributed by atoms with E-state index in [0.717, 1.165) is 0 Å². The molecule has 0 spiro atoms. The summed E-state index contributed by atoms with van der Waals surface area (Å²) in [6.45, 7) is 1.70. The van der Waals surface area contributed by atoms with Gasteiger partial charge in [0.1, 0.15) is 5.52 Å². The van der Waals surface area contributed by atoms with Crippen LogP contribution >= 0.6 is 0 Å². The van der Waals surface area contributed by atoms with Gasteiger partial charge in [-0.1, -0.05) is 0 Å². The Kier molecular flexibility index (Phi) is 1.60. The maximum absolute atomic E-state index is 10.7. The van der Waals surface area contributed by atoms with Crippen molar-refractivity contribution in [1.82, 2.24) is 20.2 Å². The third-order valence-corrected chi connectivity index (χ3v) is 1.80. The Morgan fingerprint density at radius 3 is 2.86 bits per heavy atom. The van der Waals surface area contributed by atoms with Crippen molar-refractivity contribution < 1.29 is 9.90 Å². The van der Waals surface area contributed by atoms with Gasteiger partial charge < -0.3 is 10.8 Å². The monoisotopic (exact) mass is 193 g/mol. The van der Waals surface area contributed by atoms with Crippen molar-refractivity contribution in [1.29, 1.82) is 0 Å². The number of H-pyrrole nitrogens is 1. The fourth-order valence-electron chi connectivity index (χ4n) is 1.13. The number of hydrogen-bond acceptors (Lipinski definition) is 5. The van der Waals surface area contributed by atoms with E-state index >= 15 is 0 Å². The summed E-state index contributed by atoms with van der Waals surface area (Å²) in [7, 11) is 0. The fraction of sp³-hybridized carbons (Fsp3) is 0.143. The minimum atomic E-state index is -1.20. The molecule has 72 valence electrons. The Morgan fingerprint density at radius 1 is 1.50 bits per heavy atom. The smallest absolute Gasteiger partial charge is 0.358 e. The normalized spacial score (nSPS) is 10.6. The van der Waals surface area contributed by atoms with Gasteiger partial charge in [0.05, 0.1) is 5.69 Å². The molecule has 0 fully saturated rings. The average Bonchev–Trinajstić information content (AvgIpc) is 2.46. The third kappa shape index (κ3) is 1.06. The maximum atomic E-state index is 10.7. The molecule has 0 radical (unpaired) electrons. The molecule has 2 rings (SSSR count). The molecule has 2 heterocycles. The fourth-order valence-corrected chi connectivity index (χ4v) is 1.13. The number of nitrogens with one attached hydrogen (secondary N) is 1. The van der Waals surface area contributed by atoms with Crippen LogP contribution in [0.3, 0.4) is 0 Å². The number of anilines is 1. The van der Waals surface area contributed by atoms with Crippen molar-refractivity contribution in [3.63, 3.8) is 0 Å². The van der Waals surface area contributed by atoms with E-state index in [1.807, 2.05) is 0 Å². The van der Waals surface area contributed by atoms with Gasteiger partial charge in [0, 0.05) is 0 Å². The first kappa shape index (κ1) is 8.42. The summed E-state index contributed by atoms with van der Waals surface area (Å²) in [5.74, 6) is -1.31. The molecule has 0 saturated carbocycles. The average molecular weight is 193 g/mol. The van der Waals surface area contributed by atoms with Crippen LogP contribution in [-0.4, -0.2) is 31.2 Å². The second kappa shape index (κ2) is 2.66. The van der Waals surface area contributed by atoms with Gasteiger partial charge in [-0.25, -0.2) is 14.8 Å². The Balaban J connectivity index is 2.80. The third-order valence-electron chi connectivity index (χ3n) is 1.80. The molecule has 7 heteroatoms. The lowest BCUT2D eigenvalue weighted by molar-refractivity contribution is 0.0692. The largest absolute Gasteiger partial charge is 0.476 e. The molecule has 0 aliphatic carbocycles. The number of hydrogen-bond donors (Lipinski definition) is 3. The number of carbonyl (C=O) groups is 1. The van der Waals surface area contributed by atoms with Crippen molar-refractivity contribution in [3.8, 4) is 0 Å². The van der Waals surface area contributed by atoms with Crippen LogP contribution in [0, 0.1) is 6.92 Å². The number of carboxylic acids is 1. The second-order valence-electron chi connectivity index (χ2n) is 2.77. The first-order chi connectivity index (χ1) is 6.59. The zero-order valence-corrected chi connectivity index (χ0v) is 7.27. The Bertz CT molecular complexity index is 518. The molecule has 0 saturated heterocycles. The van der Waals surface area contributed by atoms with Crippen LogP contribution < -0.4 is 5.73 Å². The van der Waals surface area contributed by atoms with Crippen molar-refractivity contribution in [2.24, 2.45) is 0 Å². The van der Waals surface area contributed by atoms with Gasteiger partial charge in [0.2, 0.25) is 0 Å². The Morgan fingerprint density at radius 2 is 2.21 bits per heavy atom. The number of nitrogens with two attached hydrogens (primary N) is 1. The van der Waals surface area contributed by atoms with Crippen LogP contribution in [0.4, 0.5) is 5.82 Å². The first-order valence-electron chi connectivity index (χ1n) is 3.81. The van der Waals surface area contributed by atoms with Gasteiger partial charge in [-0.15, -0.1) is 0 Å². The molecule has 0 aliphatic rings. The second-order valence-corrected chi connectivity index (χ2v) is 2.77. The van der Waals surface area contributed by atoms with Gasteiger partial charge in [0.25, 0.3) is 0 Å². The van der Waals surface area contributed by atoms with Gasteiger partial charge in [-0.2, -0.15) is 5.10 Å². The Labute approximate surface area is 78.0 Å². The highest BCUT2D eigenvalue weighted by atomic mass is 16.4. The lowest BCUT2D eigenvalue weighted by atomic mass is 10.3. The summed E-state index contributed by atoms with van der Waals surface area (Å²) in [5.41, 5.74) is 6.56. The standard InChI is InChI=1S/C7H7N5O2/c1-2-3-6(12-11-2)10-5(8)4(9-3)7(13)14/h1H3,(H,13,14)(H3,8,10,11,12). The van der Waals surface area contributed by atoms with E-state index in [2.05, 4.69) is 20.2 Å². The minimum absolute atomic E-state index is 0.117. The van der Waals surface area contributed by atoms with E-state index in [-0.39, 0.29) is 11.5 Å². The highest BCUT2D eigenvalue weighted by molar-refractivity contribution is 5.93. The number of nitrogen functional groups attached to an aromatic ring is 1. The van der Waals surface area contributed by atoms with E-state index in [1.54, 1.807) is 6.92 Å². The van der Waals surface area contributed by atoms with Gasteiger partial charge in [-0.05, 0) is 6.92 Å². The van der Waals surface area contributed by atoms with E-state index < -0.39 is 5.97 Å². The molecular weight excluding hydrogens is 186 g/mol. The minimum Gasteiger partial charge on any atom is -0.476 e. The van der Waals surface area contributed by atoms with Crippen molar-refractivity contribution in [2.45, 2.75) is 6.92 Å². The van der Waals surface area contributed by atoms with Crippen molar-refractivity contribution >= 4 is 23.0 Å². The van der Waals surface area contributed by atoms with Crippen LogP contribution in [0.25, 0.3) is 11.2 Å². The van der Waals surface area contributed by atoms with Crippen LogP contribution in [-0.2, 0) is 0 Å². The summed E-state index contributed by atoms with van der Waals surface area (Å²) in [4.78, 5) is 18.4. The molecule has 0 unspecified atom stereocenters. The topological polar surface area (TPSA) is 118 Å². The summed E-state index contributed by atoms with van der Waals surface area (Å²) >= 11 is 0. The first-order valence-corrected chi connectivity index (χ1v) is 3.81. The summed E-state index contributed by atoms with van der Waals surface area (Å²) in [6, 6.07) is 0. The molecular formula is C7H7N5O2. The van der Waals surface area contributed by atoms with Crippen LogP contribution in [0.15, 0.2) is 0 Å². The molecule has 0 bridgehead atoms. The van der Waals surface area contributed by atoms with Crippen LogP contribution in [0.5, 0.6) is 0 Å². The number of aryl methyl sites for hydroxylation is 1. The van der Waals surface area contributed by atoms with Gasteiger partial charge >= 0.3 is 5.97 Å². The van der Waals surface area contributed by atoms with Gasteiger partial charge in [-0.3, -0.25) is 5.10 Å². The van der Waals surface area contributed by atoms with E-state index in [0.29, 0.717) is 16.9 Å². The molecule has 0 atom stereocenters. The number of carboxylic acid groups (broad SMARTS) is 1. The molecule has 7 nitrogen and oxygen atoms in total. The molecule has 0 aromatic carbocycles. The van der Waals surface area contributed by atoms with Crippen LogP contribution in [0.2, 0.25) is 0 Å². The highest BCUT2D eigenvalue weighted by Gasteiger charge is 2.15. The summed E-state index contributed by atoms with van der Waals surface area (Å²) < 4.78 is 0. The number of fused-ring (bicyclic) bond motifs is 1. The maximum Gasteiger partial charge on any atom is 0.358 e. The zero-order chi connectivity index (χ0) is 10.3. The zero-order valence-electron chi connectivity index (χ0n) is 7.27. The number of aromatic nitrogens is 4. The molecule has 2 aromatic heterocycles. The lowest BCUT2D eigenvalue weighted by Gasteiger charge is -1.97. The predicted molar refractivity (Wildman–Crippen MR) is 47.8 cm³/mol. The number of aromatic amines is 1. The Hall–Kier alpha value is -2.18. The molecule has 2 aromatic rings. The summed E-state index contributed by atoms with van der Waals surface area (Å²) in [5, 5.41) is 15.2. The van der Waals surface area contributed by atoms with E-state index in [9.17, 15) is 4.79 Å². The molecule has 14 heavy (non-hydrogen) atoms. The molecule has 0 amide bonds. The summed E-state index contributed by atoms with van der Waals surface area (Å²) in [6.07, 6.45) is 0. The molecule has 0 aliphatic heterocycles. The quantitative estimate of drug-likeness (QED) is 0.584. The SMILES string of the molecule is Cc1n[nH]c2nc(N)c(C(=O)O)nc12. The van der Waals surface area contributed by atoms with Gasteiger partial charge in [0.15, 0.2) is 17.2 Å². The number of aromatic carboxylic acids is 1. The van der Waals surface area contributed by atoms with E-state index in [1.165, 1.54) is 0 Å². The lowest BCUT2D eigenvalue weighted by Crippen LogP contribution is -2.07. The predicted octanol–water partition coefficient (Wildman–Crippen LogP) is -0.0583. The van der Waals surface area contributed by atoms with Crippen molar-refractivity contribution in [2.75, 3.05) is 5.73 Å². The highest BCUT2D eigenvalue weighted by Crippen LogP contribution is 2.14. The van der Waals surface area contributed by atoms with Crippen molar-refractivity contribution in [3.05, 3.63) is 11.4 Å².